The zero-order chi connectivity index (χ0) is 24.7. The molecule has 2 aromatic heterocycles. The number of amides is 4. The molecule has 0 aromatic carbocycles. The zero-order valence-corrected chi connectivity index (χ0v) is 20.1. The van der Waals surface area contributed by atoms with E-state index in [1.54, 1.807) is 37.8 Å². The van der Waals surface area contributed by atoms with Crippen molar-refractivity contribution >= 4 is 29.4 Å². The van der Waals surface area contributed by atoms with Crippen molar-refractivity contribution in [3.8, 4) is 0 Å². The van der Waals surface area contributed by atoms with Gasteiger partial charge in [-0.25, -0.2) is 9.78 Å². The van der Waals surface area contributed by atoms with Gasteiger partial charge in [-0.1, -0.05) is 19.3 Å². The number of nitrogens with two attached hydrogens (primary N) is 1. The van der Waals surface area contributed by atoms with Crippen molar-refractivity contribution in [1.29, 1.82) is 0 Å². The highest BCUT2D eigenvalue weighted by Crippen LogP contribution is 2.28. The molecule has 0 radical (unpaired) electrons. The van der Waals surface area contributed by atoms with Crippen LogP contribution in [0.2, 0.25) is 0 Å². The third-order valence-electron chi connectivity index (χ3n) is 6.48. The smallest absolute Gasteiger partial charge is 0.325 e. The number of urea groups is 1. The third kappa shape index (κ3) is 6.30. The van der Waals surface area contributed by atoms with Gasteiger partial charge in [0.25, 0.3) is 5.91 Å². The van der Waals surface area contributed by atoms with Crippen LogP contribution >= 0.6 is 0 Å². The molecule has 1 aliphatic carbocycles. The van der Waals surface area contributed by atoms with Crippen LogP contribution in [0.3, 0.4) is 0 Å². The second kappa shape index (κ2) is 11.6. The van der Waals surface area contributed by atoms with Crippen LogP contribution in [-0.4, -0.2) is 51.8 Å². The fourth-order valence-electron chi connectivity index (χ4n) is 4.36. The monoisotopic (exact) mass is 466 g/mol. The first kappa shape index (κ1) is 25.1. The highest BCUT2D eigenvalue weighted by atomic mass is 16.2. The van der Waals surface area contributed by atoms with Crippen molar-refractivity contribution in [3.05, 3.63) is 48.4 Å². The number of carbonyl (C=O) groups excluding carboxylic acids is 3. The van der Waals surface area contributed by atoms with E-state index in [2.05, 4.69) is 15.3 Å². The van der Waals surface area contributed by atoms with Gasteiger partial charge >= 0.3 is 6.03 Å². The van der Waals surface area contributed by atoms with Crippen molar-refractivity contribution in [3.63, 3.8) is 0 Å². The summed E-state index contributed by atoms with van der Waals surface area (Å²) in [5, 5.41) is 2.93. The Morgan fingerprint density at radius 3 is 2.38 bits per heavy atom. The van der Waals surface area contributed by atoms with Crippen LogP contribution < -0.4 is 16.0 Å². The van der Waals surface area contributed by atoms with E-state index >= 15 is 0 Å². The molecule has 4 rings (SSSR count). The predicted octanol–water partition coefficient (Wildman–Crippen LogP) is 3.30. The summed E-state index contributed by atoms with van der Waals surface area (Å²) in [6, 6.07) is 5.99. The number of nitrogens with zero attached hydrogens (tertiary/aromatic N) is 4. The number of aromatic nitrogens is 2. The number of hydrogen-bond donors (Lipinski definition) is 2. The van der Waals surface area contributed by atoms with Crippen LogP contribution in [0.1, 0.15) is 51.0 Å². The van der Waals surface area contributed by atoms with Crippen LogP contribution in [0.15, 0.2) is 42.9 Å². The molecule has 1 saturated carbocycles. The van der Waals surface area contributed by atoms with Crippen molar-refractivity contribution in [2.24, 2.45) is 5.92 Å². The van der Waals surface area contributed by atoms with Crippen LogP contribution in [0, 0.1) is 12.8 Å². The van der Waals surface area contributed by atoms with Crippen LogP contribution in [0.25, 0.3) is 0 Å². The second-order valence-corrected chi connectivity index (χ2v) is 8.98. The fourth-order valence-corrected chi connectivity index (χ4v) is 4.36. The Balaban J connectivity index is 0.000000343. The largest absolute Gasteiger partial charge is 0.384 e. The lowest BCUT2D eigenvalue weighted by Crippen LogP contribution is -2.65. The third-order valence-corrected chi connectivity index (χ3v) is 6.48. The van der Waals surface area contributed by atoms with Crippen LogP contribution in [0.4, 0.5) is 16.3 Å². The van der Waals surface area contributed by atoms with E-state index in [1.165, 1.54) is 24.2 Å². The normalized spacial score (nSPS) is 18.7. The number of nitrogens with one attached hydrogen (secondary N) is 1. The van der Waals surface area contributed by atoms with Gasteiger partial charge in [0.15, 0.2) is 0 Å². The number of imide groups is 1. The van der Waals surface area contributed by atoms with Gasteiger partial charge < -0.3 is 16.0 Å². The van der Waals surface area contributed by atoms with E-state index in [4.69, 9.17) is 5.73 Å². The maximum Gasteiger partial charge on any atom is 0.325 e. The summed E-state index contributed by atoms with van der Waals surface area (Å²) in [6.07, 6.45) is 10.8. The summed E-state index contributed by atoms with van der Waals surface area (Å²) in [6.45, 7) is 3.97. The standard InChI is InChI=1S/C19H26N4O3.C6H8N2/c1-13(14-6-4-3-5-7-14)21-19(26)23-16(12-17(23)24)18(25)22(2)15-8-10-20-11-9-15;1-5-2-3-8-6(7)4-5/h8-11,13-14,16H,3-7,12H2,1-2H3,(H,21,26);2-4H,1H3,(H2,7,8). The predicted molar refractivity (Wildman–Crippen MR) is 131 cm³/mol. The molecule has 0 bridgehead atoms. The minimum atomic E-state index is -0.737. The van der Waals surface area contributed by atoms with Gasteiger partial charge in [0.05, 0.1) is 6.42 Å². The maximum absolute atomic E-state index is 12.7. The summed E-state index contributed by atoms with van der Waals surface area (Å²) >= 11 is 0. The molecule has 4 amide bonds. The van der Waals surface area contributed by atoms with Gasteiger partial charge in [0.2, 0.25) is 5.91 Å². The molecule has 2 atom stereocenters. The van der Waals surface area contributed by atoms with Gasteiger partial charge in [-0.05, 0) is 62.4 Å². The first-order chi connectivity index (χ1) is 16.3. The molecule has 9 nitrogen and oxygen atoms in total. The lowest BCUT2D eigenvalue weighted by molar-refractivity contribution is -0.147. The summed E-state index contributed by atoms with van der Waals surface area (Å²) in [4.78, 5) is 47.5. The van der Waals surface area contributed by atoms with Gasteiger partial charge in [-0.15, -0.1) is 0 Å². The number of rotatable bonds is 4. The number of β-lactam (4-membered cyclic amide) rings is 1. The molecular formula is C25H34N6O3. The highest BCUT2D eigenvalue weighted by Gasteiger charge is 2.47. The SMILES string of the molecule is CC(NC(=O)N1C(=O)CC1C(=O)N(C)c1ccncc1)C1CCCCC1.Cc1ccnc(N)c1. The average Bonchev–Trinajstić information content (AvgIpc) is 2.82. The fraction of sp³-hybridized carbons (Fsp3) is 0.480. The molecule has 1 aliphatic heterocycles. The first-order valence-electron chi connectivity index (χ1n) is 11.8. The Morgan fingerprint density at radius 2 is 1.82 bits per heavy atom. The summed E-state index contributed by atoms with van der Waals surface area (Å²) < 4.78 is 0. The van der Waals surface area contributed by atoms with Crippen LogP contribution in [-0.2, 0) is 9.59 Å². The molecule has 2 aromatic rings. The minimum absolute atomic E-state index is 0.00452. The topological polar surface area (TPSA) is 122 Å². The lowest BCUT2D eigenvalue weighted by atomic mass is 9.84. The van der Waals surface area contributed by atoms with Crippen molar-refractivity contribution in [2.45, 2.75) is 64.5 Å². The number of likely N-dealkylation sites (tertiary alicyclic amines) is 1. The molecule has 0 spiro atoms. The molecule has 1 saturated heterocycles. The number of aryl methyl sites for hydroxylation is 1. The minimum Gasteiger partial charge on any atom is -0.384 e. The average molecular weight is 467 g/mol. The number of carbonyl (C=O) groups is 3. The molecule has 3 heterocycles. The quantitative estimate of drug-likeness (QED) is 0.667. The summed E-state index contributed by atoms with van der Waals surface area (Å²) in [5.74, 6) is 0.457. The van der Waals surface area contributed by atoms with E-state index in [9.17, 15) is 14.4 Å². The van der Waals surface area contributed by atoms with E-state index in [1.807, 2.05) is 26.0 Å². The van der Waals surface area contributed by atoms with Gasteiger partial charge in [0.1, 0.15) is 11.9 Å². The zero-order valence-electron chi connectivity index (χ0n) is 20.1. The van der Waals surface area contributed by atoms with Gasteiger partial charge in [-0.2, -0.15) is 0 Å². The number of hydrogen-bond acceptors (Lipinski definition) is 6. The van der Waals surface area contributed by atoms with Crippen molar-refractivity contribution in [1.82, 2.24) is 20.2 Å². The van der Waals surface area contributed by atoms with E-state index in [0.717, 1.165) is 23.3 Å². The number of anilines is 2. The Morgan fingerprint density at radius 1 is 1.15 bits per heavy atom. The van der Waals surface area contributed by atoms with Crippen LogP contribution in [0.5, 0.6) is 0 Å². The molecule has 2 aliphatic rings. The molecule has 182 valence electrons. The molecular weight excluding hydrogens is 432 g/mol. The lowest BCUT2D eigenvalue weighted by Gasteiger charge is -2.40. The van der Waals surface area contributed by atoms with Gasteiger partial charge in [-0.3, -0.25) is 19.5 Å². The maximum atomic E-state index is 12.7. The van der Waals surface area contributed by atoms with E-state index in [0.29, 0.717) is 17.4 Å². The van der Waals surface area contributed by atoms with Gasteiger partial charge in [0, 0.05) is 37.4 Å². The molecule has 9 heteroatoms. The van der Waals surface area contributed by atoms with Crippen molar-refractivity contribution in [2.75, 3.05) is 17.7 Å². The summed E-state index contributed by atoms with van der Waals surface area (Å²) in [7, 11) is 1.64. The highest BCUT2D eigenvalue weighted by molar-refractivity contribution is 6.11. The Bertz CT molecular complexity index is 976. The van der Waals surface area contributed by atoms with E-state index < -0.39 is 12.1 Å². The number of nitrogen functional groups attached to an aromatic ring is 1. The molecule has 3 N–H and O–H groups in total. The second-order valence-electron chi connectivity index (χ2n) is 8.98. The Labute approximate surface area is 200 Å². The molecule has 34 heavy (non-hydrogen) atoms. The van der Waals surface area contributed by atoms with Crippen molar-refractivity contribution < 1.29 is 14.4 Å². The molecule has 2 fully saturated rings. The summed E-state index contributed by atoms with van der Waals surface area (Å²) in [5.41, 5.74) is 7.18. The number of likely N-dealkylation sites (N-methyl/N-ethyl adjacent to an activating group) is 1. The molecule has 2 unspecified atom stereocenters. The number of pyridine rings is 2. The Kier molecular flexibility index (Phi) is 8.56. The first-order valence-corrected chi connectivity index (χ1v) is 11.8. The van der Waals surface area contributed by atoms with E-state index in [-0.39, 0.29) is 24.3 Å². The Hall–Kier alpha value is -3.49.